The molecule has 2 rings (SSSR count). The SMILES string of the molecule is C[C@H](CO)N[C@H](c1ccc(Cl)cc1)[C@H](O)c1cccc(Cl)c1. The van der Waals surface area contributed by atoms with Crippen LogP contribution in [0.5, 0.6) is 0 Å². The fourth-order valence-corrected chi connectivity index (χ4v) is 2.61. The first-order valence-corrected chi connectivity index (χ1v) is 7.82. The van der Waals surface area contributed by atoms with Crippen molar-refractivity contribution in [3.05, 3.63) is 69.7 Å². The monoisotopic (exact) mass is 339 g/mol. The minimum atomic E-state index is -0.797. The molecule has 0 aliphatic rings. The van der Waals surface area contributed by atoms with Crippen LogP contribution in [0.1, 0.15) is 30.2 Å². The van der Waals surface area contributed by atoms with Gasteiger partial charge in [-0.2, -0.15) is 0 Å². The molecule has 3 nitrogen and oxygen atoms in total. The smallest absolute Gasteiger partial charge is 0.0985 e. The van der Waals surface area contributed by atoms with Gasteiger partial charge in [0.2, 0.25) is 0 Å². The van der Waals surface area contributed by atoms with Crippen molar-refractivity contribution in [3.8, 4) is 0 Å². The Balaban J connectivity index is 2.32. The molecule has 0 saturated heterocycles. The fraction of sp³-hybridized carbons (Fsp3) is 0.294. The average molecular weight is 340 g/mol. The number of hydrogen-bond donors (Lipinski definition) is 3. The first-order chi connectivity index (χ1) is 10.5. The van der Waals surface area contributed by atoms with Crippen molar-refractivity contribution in [1.82, 2.24) is 5.32 Å². The highest BCUT2D eigenvalue weighted by molar-refractivity contribution is 6.30. The standard InChI is InChI=1S/C17H19Cl2NO2/c1-11(10-21)20-16(12-5-7-14(18)8-6-12)17(22)13-3-2-4-15(19)9-13/h2-9,11,16-17,20-22H,10H2,1H3/t11-,16-,17-/m1/s1. The van der Waals surface area contributed by atoms with Crippen molar-refractivity contribution in [3.63, 3.8) is 0 Å². The van der Waals surface area contributed by atoms with Crippen LogP contribution in [0.3, 0.4) is 0 Å². The summed E-state index contributed by atoms with van der Waals surface area (Å²) in [4.78, 5) is 0. The number of rotatable bonds is 6. The first kappa shape index (κ1) is 17.3. The molecule has 0 radical (unpaired) electrons. The summed E-state index contributed by atoms with van der Waals surface area (Å²) in [5.41, 5.74) is 1.60. The number of benzene rings is 2. The van der Waals surface area contributed by atoms with Crippen molar-refractivity contribution >= 4 is 23.2 Å². The van der Waals surface area contributed by atoms with E-state index in [1.807, 2.05) is 25.1 Å². The van der Waals surface area contributed by atoms with Crippen molar-refractivity contribution in [2.24, 2.45) is 0 Å². The highest BCUT2D eigenvalue weighted by Gasteiger charge is 2.24. The largest absolute Gasteiger partial charge is 0.395 e. The van der Waals surface area contributed by atoms with Gasteiger partial charge in [-0.05, 0) is 42.3 Å². The van der Waals surface area contributed by atoms with Gasteiger partial charge in [-0.1, -0.05) is 47.5 Å². The second-order valence-corrected chi connectivity index (χ2v) is 6.15. The van der Waals surface area contributed by atoms with Crippen LogP contribution < -0.4 is 5.32 Å². The van der Waals surface area contributed by atoms with Crippen LogP contribution >= 0.6 is 23.2 Å². The Kier molecular flexibility index (Phi) is 6.24. The Morgan fingerprint density at radius 1 is 1.00 bits per heavy atom. The van der Waals surface area contributed by atoms with E-state index in [0.29, 0.717) is 15.6 Å². The number of nitrogens with one attached hydrogen (secondary N) is 1. The van der Waals surface area contributed by atoms with Gasteiger partial charge in [0.05, 0.1) is 18.8 Å². The van der Waals surface area contributed by atoms with E-state index in [0.717, 1.165) is 5.56 Å². The molecule has 0 aromatic heterocycles. The topological polar surface area (TPSA) is 52.5 Å². The fourth-order valence-electron chi connectivity index (χ4n) is 2.28. The molecule has 118 valence electrons. The molecule has 0 unspecified atom stereocenters. The summed E-state index contributed by atoms with van der Waals surface area (Å²) < 4.78 is 0. The van der Waals surface area contributed by atoms with Crippen LogP contribution in [0.15, 0.2) is 48.5 Å². The maximum atomic E-state index is 10.7. The van der Waals surface area contributed by atoms with Crippen molar-refractivity contribution in [2.45, 2.75) is 25.1 Å². The van der Waals surface area contributed by atoms with Gasteiger partial charge in [0, 0.05) is 16.1 Å². The molecule has 0 amide bonds. The van der Waals surface area contributed by atoms with E-state index in [2.05, 4.69) is 5.32 Å². The lowest BCUT2D eigenvalue weighted by molar-refractivity contribution is 0.114. The van der Waals surface area contributed by atoms with Gasteiger partial charge < -0.3 is 15.5 Å². The Labute approximate surface area is 140 Å². The van der Waals surface area contributed by atoms with Crippen molar-refractivity contribution in [2.75, 3.05) is 6.61 Å². The summed E-state index contributed by atoms with van der Waals surface area (Å²) in [6.45, 7) is 1.83. The summed E-state index contributed by atoms with van der Waals surface area (Å²) in [6.07, 6.45) is -0.797. The van der Waals surface area contributed by atoms with Gasteiger partial charge in [-0.15, -0.1) is 0 Å². The number of aliphatic hydroxyl groups is 2. The van der Waals surface area contributed by atoms with Crippen LogP contribution in [-0.4, -0.2) is 22.9 Å². The third kappa shape index (κ3) is 4.45. The molecule has 0 heterocycles. The molecule has 3 atom stereocenters. The molecule has 0 bridgehead atoms. The molecule has 2 aromatic rings. The second kappa shape index (κ2) is 7.95. The van der Waals surface area contributed by atoms with Gasteiger partial charge in [0.15, 0.2) is 0 Å². The molecule has 3 N–H and O–H groups in total. The lowest BCUT2D eigenvalue weighted by Crippen LogP contribution is -2.36. The van der Waals surface area contributed by atoms with E-state index in [4.69, 9.17) is 23.2 Å². The van der Waals surface area contributed by atoms with Crippen molar-refractivity contribution in [1.29, 1.82) is 0 Å². The quantitative estimate of drug-likeness (QED) is 0.751. The highest BCUT2D eigenvalue weighted by Crippen LogP contribution is 2.31. The van der Waals surface area contributed by atoms with Gasteiger partial charge >= 0.3 is 0 Å². The van der Waals surface area contributed by atoms with E-state index in [1.165, 1.54) is 0 Å². The zero-order valence-electron chi connectivity index (χ0n) is 12.2. The third-order valence-electron chi connectivity index (χ3n) is 3.47. The average Bonchev–Trinajstić information content (AvgIpc) is 2.52. The van der Waals surface area contributed by atoms with Crippen LogP contribution in [0.25, 0.3) is 0 Å². The lowest BCUT2D eigenvalue weighted by Gasteiger charge is -2.28. The summed E-state index contributed by atoms with van der Waals surface area (Å²) in [5, 5.41) is 24.5. The number of halogens is 2. The summed E-state index contributed by atoms with van der Waals surface area (Å²) in [6, 6.07) is 13.9. The van der Waals surface area contributed by atoms with Gasteiger partial charge in [0.1, 0.15) is 0 Å². The lowest BCUT2D eigenvalue weighted by atomic mass is 9.95. The van der Waals surface area contributed by atoms with E-state index in [1.54, 1.807) is 30.3 Å². The van der Waals surface area contributed by atoms with Gasteiger partial charge in [-0.25, -0.2) is 0 Å². The van der Waals surface area contributed by atoms with Crippen LogP contribution in [0.4, 0.5) is 0 Å². The minimum absolute atomic E-state index is 0.0215. The molecule has 22 heavy (non-hydrogen) atoms. The van der Waals surface area contributed by atoms with Crippen LogP contribution in [-0.2, 0) is 0 Å². The van der Waals surface area contributed by atoms with E-state index in [9.17, 15) is 10.2 Å². The predicted molar refractivity (Wildman–Crippen MR) is 90.3 cm³/mol. The molecule has 0 spiro atoms. The summed E-state index contributed by atoms with van der Waals surface area (Å²) in [7, 11) is 0. The Morgan fingerprint density at radius 2 is 1.68 bits per heavy atom. The van der Waals surface area contributed by atoms with Crippen molar-refractivity contribution < 1.29 is 10.2 Å². The Hall–Kier alpha value is -1.10. The number of hydrogen-bond acceptors (Lipinski definition) is 3. The zero-order valence-corrected chi connectivity index (χ0v) is 13.7. The molecular formula is C17H19Cl2NO2. The Bertz CT molecular complexity index is 604. The van der Waals surface area contributed by atoms with E-state index in [-0.39, 0.29) is 18.7 Å². The van der Waals surface area contributed by atoms with E-state index < -0.39 is 6.10 Å². The molecule has 0 aliphatic carbocycles. The summed E-state index contributed by atoms with van der Waals surface area (Å²) >= 11 is 11.9. The normalized spacial score (nSPS) is 15.3. The molecule has 0 aliphatic heterocycles. The minimum Gasteiger partial charge on any atom is -0.395 e. The zero-order chi connectivity index (χ0) is 16.1. The molecule has 2 aromatic carbocycles. The Morgan fingerprint density at radius 3 is 2.27 bits per heavy atom. The number of aliphatic hydroxyl groups excluding tert-OH is 2. The predicted octanol–water partition coefficient (Wildman–Crippen LogP) is 3.74. The highest BCUT2D eigenvalue weighted by atomic mass is 35.5. The van der Waals surface area contributed by atoms with Crippen LogP contribution in [0, 0.1) is 0 Å². The molecule has 0 fully saturated rings. The summed E-state index contributed by atoms with van der Waals surface area (Å²) in [5.74, 6) is 0. The third-order valence-corrected chi connectivity index (χ3v) is 3.96. The van der Waals surface area contributed by atoms with Crippen LogP contribution in [0.2, 0.25) is 10.0 Å². The maximum Gasteiger partial charge on any atom is 0.0985 e. The first-order valence-electron chi connectivity index (χ1n) is 7.07. The molecular weight excluding hydrogens is 321 g/mol. The second-order valence-electron chi connectivity index (χ2n) is 5.28. The maximum absolute atomic E-state index is 10.7. The van der Waals surface area contributed by atoms with Gasteiger partial charge in [-0.3, -0.25) is 0 Å². The van der Waals surface area contributed by atoms with Gasteiger partial charge in [0.25, 0.3) is 0 Å². The van der Waals surface area contributed by atoms with E-state index >= 15 is 0 Å². The molecule has 5 heteroatoms. The molecule has 0 saturated carbocycles.